The van der Waals surface area contributed by atoms with Crippen molar-refractivity contribution in [2.24, 2.45) is 0 Å². The minimum Gasteiger partial charge on any atom is -0.489 e. The minimum atomic E-state index is -1.53. The molecule has 0 saturated carbocycles. The van der Waals surface area contributed by atoms with Crippen LogP contribution in [0.2, 0.25) is 0 Å². The average Bonchev–Trinajstić information content (AvgIpc) is 2.92. The van der Waals surface area contributed by atoms with Crippen molar-refractivity contribution >= 4 is 23.3 Å². The Kier molecular flexibility index (Phi) is 8.35. The first-order chi connectivity index (χ1) is 18.3. The summed E-state index contributed by atoms with van der Waals surface area (Å²) >= 11 is 0. The number of ether oxygens (including phenoxy) is 2. The first kappa shape index (κ1) is 26.4. The summed E-state index contributed by atoms with van der Waals surface area (Å²) < 4.78 is 11.9. The predicted molar refractivity (Wildman–Crippen MR) is 145 cm³/mol. The maximum atomic E-state index is 13.1. The molecule has 0 unspecified atom stereocenters. The molecule has 1 heterocycles. The Morgan fingerprint density at radius 2 is 1.34 bits per heavy atom. The molecule has 3 aromatic carbocycles. The molecule has 0 aliphatic carbocycles. The number of nitrogens with zero attached hydrogens (tertiary/aromatic N) is 1. The van der Waals surface area contributed by atoms with Crippen LogP contribution in [-0.4, -0.2) is 27.5 Å². The summed E-state index contributed by atoms with van der Waals surface area (Å²) in [7, 11) is 0. The molecule has 38 heavy (non-hydrogen) atoms. The van der Waals surface area contributed by atoms with Crippen molar-refractivity contribution in [3.05, 3.63) is 114 Å². The lowest BCUT2D eigenvalue weighted by atomic mass is 10.1. The zero-order valence-electron chi connectivity index (χ0n) is 21.2. The Morgan fingerprint density at radius 1 is 0.789 bits per heavy atom. The van der Waals surface area contributed by atoms with Crippen molar-refractivity contribution in [3.63, 3.8) is 0 Å². The Hall–Kier alpha value is -4.69. The highest BCUT2D eigenvalue weighted by Crippen LogP contribution is 2.26. The number of aliphatic hydroxyl groups is 1. The highest BCUT2D eigenvalue weighted by molar-refractivity contribution is 6.04. The van der Waals surface area contributed by atoms with Crippen LogP contribution in [0.4, 0.5) is 11.5 Å². The molecule has 0 saturated heterocycles. The number of aromatic nitrogens is 1. The predicted octanol–water partition coefficient (Wildman–Crippen LogP) is 5.20. The number of amides is 2. The first-order valence-electron chi connectivity index (χ1n) is 12.1. The Morgan fingerprint density at radius 3 is 1.82 bits per heavy atom. The third-order valence-electron chi connectivity index (χ3n) is 5.46. The van der Waals surface area contributed by atoms with Gasteiger partial charge in [0.15, 0.2) is 0 Å². The van der Waals surface area contributed by atoms with Crippen LogP contribution in [0.1, 0.15) is 35.3 Å². The molecule has 0 fully saturated rings. The molecule has 1 aromatic heterocycles. The third kappa shape index (κ3) is 7.65. The summed E-state index contributed by atoms with van der Waals surface area (Å²) in [5, 5.41) is 15.1. The molecular weight excluding hydrogens is 482 g/mol. The first-order valence-corrected chi connectivity index (χ1v) is 12.1. The second-order valence-electron chi connectivity index (χ2n) is 9.14. The van der Waals surface area contributed by atoms with E-state index in [1.54, 1.807) is 30.3 Å². The molecular formula is C30H29N3O5. The van der Waals surface area contributed by atoms with Crippen LogP contribution in [0.15, 0.2) is 97.2 Å². The smallest absolute Gasteiger partial charge is 0.257 e. The van der Waals surface area contributed by atoms with Gasteiger partial charge in [0.25, 0.3) is 11.8 Å². The van der Waals surface area contributed by atoms with E-state index in [4.69, 9.17) is 9.47 Å². The van der Waals surface area contributed by atoms with Crippen LogP contribution in [-0.2, 0) is 18.0 Å². The molecule has 8 heteroatoms. The number of nitrogens with one attached hydrogen (secondary N) is 2. The van der Waals surface area contributed by atoms with Crippen LogP contribution in [0.3, 0.4) is 0 Å². The van der Waals surface area contributed by atoms with Gasteiger partial charge in [0.2, 0.25) is 0 Å². The largest absolute Gasteiger partial charge is 0.489 e. The fourth-order valence-corrected chi connectivity index (χ4v) is 3.37. The van der Waals surface area contributed by atoms with Crippen LogP contribution in [0, 0.1) is 0 Å². The zero-order chi connectivity index (χ0) is 27.0. The summed E-state index contributed by atoms with van der Waals surface area (Å²) in [6.07, 6.45) is 1.40. The fourth-order valence-electron chi connectivity index (χ4n) is 3.37. The fraction of sp³-hybridized carbons (Fsp3) is 0.167. The van der Waals surface area contributed by atoms with E-state index in [9.17, 15) is 14.7 Å². The standard InChI is InChI=1S/C30H29N3O5/c1-30(2,36)29(35)32-24-13-14-27(31-18-24)33-28(34)23-15-25(37-19-21-9-5-3-6-10-21)17-26(16-23)38-20-22-11-7-4-8-12-22/h3-18,36H,19-20H2,1-2H3,(H,32,35)(H,31,33,34). The lowest BCUT2D eigenvalue weighted by molar-refractivity contribution is -0.130. The number of rotatable bonds is 10. The van der Waals surface area contributed by atoms with Crippen molar-refractivity contribution in [1.82, 2.24) is 4.98 Å². The SMILES string of the molecule is CC(C)(O)C(=O)Nc1ccc(NC(=O)c2cc(OCc3ccccc3)cc(OCc3ccccc3)c2)nc1. The number of benzene rings is 3. The van der Waals surface area contributed by atoms with E-state index in [1.165, 1.54) is 20.0 Å². The third-order valence-corrected chi connectivity index (χ3v) is 5.46. The van der Waals surface area contributed by atoms with E-state index in [1.807, 2.05) is 60.7 Å². The lowest BCUT2D eigenvalue weighted by Gasteiger charge is -2.16. The summed E-state index contributed by atoms with van der Waals surface area (Å²) in [4.78, 5) is 29.2. The van der Waals surface area contributed by atoms with Gasteiger partial charge in [0.05, 0.1) is 11.9 Å². The Labute approximate surface area is 221 Å². The van der Waals surface area contributed by atoms with Gasteiger partial charge in [-0.25, -0.2) is 4.98 Å². The van der Waals surface area contributed by atoms with Crippen molar-refractivity contribution in [3.8, 4) is 11.5 Å². The quantitative estimate of drug-likeness (QED) is 0.270. The molecule has 0 bridgehead atoms. The van der Waals surface area contributed by atoms with E-state index >= 15 is 0 Å². The van der Waals surface area contributed by atoms with Crippen molar-refractivity contribution in [2.75, 3.05) is 10.6 Å². The van der Waals surface area contributed by atoms with Crippen LogP contribution in [0.5, 0.6) is 11.5 Å². The summed E-state index contributed by atoms with van der Waals surface area (Å²) in [5.41, 5.74) is 1.19. The van der Waals surface area contributed by atoms with Crippen LogP contribution in [0.25, 0.3) is 0 Å². The molecule has 194 valence electrons. The molecule has 8 nitrogen and oxygen atoms in total. The Balaban J connectivity index is 1.48. The molecule has 3 N–H and O–H groups in total. The van der Waals surface area contributed by atoms with Crippen LogP contribution < -0.4 is 20.1 Å². The molecule has 0 spiro atoms. The summed E-state index contributed by atoms with van der Waals surface area (Å²) in [6, 6.07) is 27.6. The molecule has 2 amide bonds. The number of hydrogen-bond donors (Lipinski definition) is 3. The Bertz CT molecular complexity index is 1310. The summed E-state index contributed by atoms with van der Waals surface area (Å²) in [6.45, 7) is 3.45. The topological polar surface area (TPSA) is 110 Å². The lowest BCUT2D eigenvalue weighted by Crippen LogP contribution is -2.36. The van der Waals surface area contributed by atoms with E-state index in [0.717, 1.165) is 11.1 Å². The van der Waals surface area contributed by atoms with E-state index < -0.39 is 17.4 Å². The van der Waals surface area contributed by atoms with Crippen molar-refractivity contribution in [2.45, 2.75) is 32.7 Å². The summed E-state index contributed by atoms with van der Waals surface area (Å²) in [5.74, 6) is 0.301. The second kappa shape index (κ2) is 12.0. The molecule has 4 rings (SSSR count). The zero-order valence-corrected chi connectivity index (χ0v) is 21.2. The molecule has 0 aliphatic rings. The van der Waals surface area contributed by atoms with Gasteiger partial charge in [-0.05, 0) is 49.2 Å². The second-order valence-corrected chi connectivity index (χ2v) is 9.14. The monoisotopic (exact) mass is 511 g/mol. The van der Waals surface area contributed by atoms with Crippen LogP contribution >= 0.6 is 0 Å². The molecule has 0 radical (unpaired) electrons. The highest BCUT2D eigenvalue weighted by Gasteiger charge is 2.23. The van der Waals surface area contributed by atoms with E-state index in [0.29, 0.717) is 41.8 Å². The normalized spacial score (nSPS) is 10.9. The molecule has 4 aromatic rings. The number of carbonyl (C=O) groups excluding carboxylic acids is 2. The van der Waals surface area contributed by atoms with Gasteiger partial charge in [-0.15, -0.1) is 0 Å². The van der Waals surface area contributed by atoms with E-state index in [2.05, 4.69) is 15.6 Å². The maximum absolute atomic E-state index is 13.1. The number of anilines is 2. The number of pyridine rings is 1. The van der Waals surface area contributed by atoms with Gasteiger partial charge in [0, 0.05) is 11.6 Å². The van der Waals surface area contributed by atoms with Gasteiger partial charge < -0.3 is 25.2 Å². The van der Waals surface area contributed by atoms with Gasteiger partial charge in [-0.2, -0.15) is 0 Å². The maximum Gasteiger partial charge on any atom is 0.257 e. The average molecular weight is 512 g/mol. The van der Waals surface area contributed by atoms with Gasteiger partial charge in [0.1, 0.15) is 36.1 Å². The van der Waals surface area contributed by atoms with Gasteiger partial charge >= 0.3 is 0 Å². The number of hydrogen-bond acceptors (Lipinski definition) is 6. The molecule has 0 aliphatic heterocycles. The minimum absolute atomic E-state index is 0.290. The van der Waals surface area contributed by atoms with Gasteiger partial charge in [-0.3, -0.25) is 9.59 Å². The van der Waals surface area contributed by atoms with Crippen molar-refractivity contribution in [1.29, 1.82) is 0 Å². The molecule has 0 atom stereocenters. The van der Waals surface area contributed by atoms with E-state index in [-0.39, 0.29) is 0 Å². The van der Waals surface area contributed by atoms with Crippen molar-refractivity contribution < 1.29 is 24.2 Å². The number of carbonyl (C=O) groups is 2. The van der Waals surface area contributed by atoms with Gasteiger partial charge in [-0.1, -0.05) is 60.7 Å². The highest BCUT2D eigenvalue weighted by atomic mass is 16.5.